The molecule has 0 saturated heterocycles. The summed E-state index contributed by atoms with van der Waals surface area (Å²) in [5, 5.41) is 5.86. The fourth-order valence-electron chi connectivity index (χ4n) is 4.61. The Hall–Kier alpha value is -3.79. The number of para-hydroxylation sites is 1. The van der Waals surface area contributed by atoms with Gasteiger partial charge in [0.05, 0.1) is 0 Å². The van der Waals surface area contributed by atoms with Crippen LogP contribution in [0.3, 0.4) is 0 Å². The number of terminal acetylenes is 1. The van der Waals surface area contributed by atoms with Gasteiger partial charge >= 0.3 is 6.09 Å². The Morgan fingerprint density at radius 1 is 1.00 bits per heavy atom. The molecule has 0 aliphatic carbocycles. The number of ether oxygens (including phenoxy) is 1. The van der Waals surface area contributed by atoms with Crippen molar-refractivity contribution in [2.45, 2.75) is 98.9 Å². The summed E-state index contributed by atoms with van der Waals surface area (Å²) in [6, 6.07) is 10.6. The number of hydrogen-bond donors (Lipinski definition) is 2. The smallest absolute Gasteiger partial charge is 0.408 e. The van der Waals surface area contributed by atoms with Gasteiger partial charge in [0.15, 0.2) is 0 Å². The van der Waals surface area contributed by atoms with E-state index < -0.39 is 23.8 Å². The summed E-state index contributed by atoms with van der Waals surface area (Å²) in [6.45, 7) is 17.0. The maximum Gasteiger partial charge on any atom is 0.408 e. The summed E-state index contributed by atoms with van der Waals surface area (Å²) < 4.78 is 5.47. The fourth-order valence-corrected chi connectivity index (χ4v) is 4.61. The first-order chi connectivity index (χ1) is 18.7. The van der Waals surface area contributed by atoms with E-state index >= 15 is 0 Å². The molecule has 0 heterocycles. The van der Waals surface area contributed by atoms with Crippen LogP contribution in [-0.4, -0.2) is 40.5 Å². The molecule has 3 atom stereocenters. The predicted molar refractivity (Wildman–Crippen MR) is 161 cm³/mol. The summed E-state index contributed by atoms with van der Waals surface area (Å²) >= 11 is 0. The van der Waals surface area contributed by atoms with Gasteiger partial charge in [0, 0.05) is 17.3 Å². The van der Waals surface area contributed by atoms with Crippen molar-refractivity contribution in [3.05, 3.63) is 64.7 Å². The first kappa shape index (κ1) is 32.4. The Kier molecular flexibility index (Phi) is 11.4. The van der Waals surface area contributed by atoms with Crippen LogP contribution in [0.1, 0.15) is 89.6 Å². The lowest BCUT2D eigenvalue weighted by Crippen LogP contribution is -2.55. The molecule has 40 heavy (non-hydrogen) atoms. The first-order valence-electron chi connectivity index (χ1n) is 13.9. The molecule has 7 heteroatoms. The Morgan fingerprint density at radius 3 is 2.12 bits per heavy atom. The first-order valence-corrected chi connectivity index (χ1v) is 13.9. The summed E-state index contributed by atoms with van der Waals surface area (Å²) in [7, 11) is 0. The van der Waals surface area contributed by atoms with E-state index in [1.165, 1.54) is 0 Å². The highest BCUT2D eigenvalue weighted by Gasteiger charge is 2.39. The lowest BCUT2D eigenvalue weighted by Gasteiger charge is -2.39. The number of hydrogen-bond acceptors (Lipinski definition) is 4. The van der Waals surface area contributed by atoms with Crippen molar-refractivity contribution in [1.82, 2.24) is 10.2 Å². The second kappa shape index (κ2) is 14.0. The molecular weight excluding hydrogens is 502 g/mol. The highest BCUT2D eigenvalue weighted by molar-refractivity contribution is 6.00. The number of amides is 3. The fraction of sp³-hybridized carbons (Fsp3) is 0.485. The maximum atomic E-state index is 14.4. The number of anilines is 1. The van der Waals surface area contributed by atoms with Crippen molar-refractivity contribution in [2.75, 3.05) is 5.32 Å². The molecular formula is C33H45N3O4. The number of aryl methyl sites for hydroxylation is 2. The van der Waals surface area contributed by atoms with Crippen LogP contribution >= 0.6 is 0 Å². The predicted octanol–water partition coefficient (Wildman–Crippen LogP) is 6.53. The molecule has 0 aliphatic heterocycles. The van der Waals surface area contributed by atoms with Crippen molar-refractivity contribution in [3.63, 3.8) is 0 Å². The minimum atomic E-state index is -1.04. The minimum Gasteiger partial charge on any atom is -0.444 e. The molecule has 7 nitrogen and oxygen atoms in total. The molecule has 2 N–H and O–H groups in total. The second-order valence-corrected chi connectivity index (χ2v) is 11.7. The molecule has 0 radical (unpaired) electrons. The zero-order chi connectivity index (χ0) is 30.2. The Labute approximate surface area is 240 Å². The average molecular weight is 548 g/mol. The summed E-state index contributed by atoms with van der Waals surface area (Å²) in [5.74, 6) is 2.01. The van der Waals surface area contributed by atoms with Gasteiger partial charge in [0.2, 0.25) is 5.91 Å². The molecule has 3 amide bonds. The summed E-state index contributed by atoms with van der Waals surface area (Å²) in [5.41, 5.74) is 2.84. The van der Waals surface area contributed by atoms with Gasteiger partial charge in [-0.25, -0.2) is 4.79 Å². The molecule has 2 rings (SSSR count). The lowest BCUT2D eigenvalue weighted by molar-refractivity contribution is -0.143. The van der Waals surface area contributed by atoms with E-state index in [-0.39, 0.29) is 23.8 Å². The van der Waals surface area contributed by atoms with Gasteiger partial charge < -0.3 is 20.3 Å². The van der Waals surface area contributed by atoms with Crippen molar-refractivity contribution in [3.8, 4) is 12.3 Å². The highest BCUT2D eigenvalue weighted by atomic mass is 16.6. The minimum absolute atomic E-state index is 0.0857. The summed E-state index contributed by atoms with van der Waals surface area (Å²) in [4.78, 5) is 43.0. The van der Waals surface area contributed by atoms with E-state index in [9.17, 15) is 14.4 Å². The Bertz CT molecular complexity index is 1220. The highest BCUT2D eigenvalue weighted by Crippen LogP contribution is 2.31. The van der Waals surface area contributed by atoms with Crippen LogP contribution in [0.4, 0.5) is 10.5 Å². The lowest BCUT2D eigenvalue weighted by atomic mass is 9.94. The standard InChI is InChI=1S/C33H45N3O4/c1-11-24(7)36(31(38)27(20-21(3)4)34-32(39)40-33(8,9)10)29(26-19-14-13-18-25(26)12-2)30(37)35-28-22(5)16-15-17-23(28)6/h2,13-19,21,24,27,29H,11,20H2,1,3-10H3,(H,34,39)(H,35,37). The SMILES string of the molecule is C#Cc1ccccc1C(C(=O)Nc1c(C)cccc1C)N(C(=O)C(CC(C)C)NC(=O)OC(C)(C)C)C(C)CC. The van der Waals surface area contributed by atoms with Crippen LogP contribution in [-0.2, 0) is 14.3 Å². The van der Waals surface area contributed by atoms with Crippen molar-refractivity contribution < 1.29 is 19.1 Å². The van der Waals surface area contributed by atoms with Crippen molar-refractivity contribution in [2.24, 2.45) is 5.92 Å². The largest absolute Gasteiger partial charge is 0.444 e. The van der Waals surface area contributed by atoms with Gasteiger partial charge in [-0.15, -0.1) is 6.42 Å². The number of alkyl carbamates (subject to hydrolysis) is 1. The summed E-state index contributed by atoms with van der Waals surface area (Å²) in [6.07, 6.45) is 6.13. The molecule has 0 fully saturated rings. The molecule has 2 aromatic carbocycles. The monoisotopic (exact) mass is 547 g/mol. The van der Waals surface area contributed by atoms with Gasteiger partial charge in [-0.2, -0.15) is 0 Å². The number of nitrogens with zero attached hydrogens (tertiary/aromatic N) is 1. The van der Waals surface area contributed by atoms with Gasteiger partial charge in [-0.3, -0.25) is 9.59 Å². The third-order valence-corrected chi connectivity index (χ3v) is 6.68. The third kappa shape index (κ3) is 8.61. The van der Waals surface area contributed by atoms with Crippen LogP contribution in [0, 0.1) is 32.1 Å². The van der Waals surface area contributed by atoms with Crippen molar-refractivity contribution in [1.29, 1.82) is 0 Å². The van der Waals surface area contributed by atoms with Gasteiger partial charge in [-0.1, -0.05) is 63.1 Å². The van der Waals surface area contributed by atoms with E-state index in [1.807, 2.05) is 59.7 Å². The number of carbonyl (C=O) groups is 3. The molecule has 2 aromatic rings. The van der Waals surface area contributed by atoms with Crippen LogP contribution < -0.4 is 10.6 Å². The van der Waals surface area contributed by atoms with E-state index in [0.717, 1.165) is 11.1 Å². The second-order valence-electron chi connectivity index (χ2n) is 11.7. The molecule has 0 spiro atoms. The molecule has 216 valence electrons. The van der Waals surface area contributed by atoms with Crippen LogP contribution in [0.15, 0.2) is 42.5 Å². The van der Waals surface area contributed by atoms with Crippen molar-refractivity contribution >= 4 is 23.6 Å². The van der Waals surface area contributed by atoms with Gasteiger partial charge in [0.1, 0.15) is 17.7 Å². The van der Waals surface area contributed by atoms with Crippen LogP contribution in [0.25, 0.3) is 0 Å². The number of nitrogens with one attached hydrogen (secondary N) is 2. The maximum absolute atomic E-state index is 14.4. The molecule has 0 saturated carbocycles. The zero-order valence-corrected chi connectivity index (χ0v) is 25.4. The molecule has 0 aliphatic rings. The Morgan fingerprint density at radius 2 is 1.60 bits per heavy atom. The van der Waals surface area contributed by atoms with E-state index in [1.54, 1.807) is 49.9 Å². The Balaban J connectivity index is 2.68. The van der Waals surface area contributed by atoms with Gasteiger partial charge in [0.25, 0.3) is 5.91 Å². The zero-order valence-electron chi connectivity index (χ0n) is 25.4. The van der Waals surface area contributed by atoms with Crippen LogP contribution in [0.5, 0.6) is 0 Å². The average Bonchev–Trinajstić information content (AvgIpc) is 2.86. The van der Waals surface area contributed by atoms with E-state index in [2.05, 4.69) is 16.6 Å². The molecule has 0 bridgehead atoms. The molecule has 3 unspecified atom stereocenters. The quantitative estimate of drug-likeness (QED) is 0.331. The van der Waals surface area contributed by atoms with Crippen LogP contribution in [0.2, 0.25) is 0 Å². The number of benzene rings is 2. The van der Waals surface area contributed by atoms with E-state index in [4.69, 9.17) is 11.2 Å². The third-order valence-electron chi connectivity index (χ3n) is 6.68. The van der Waals surface area contributed by atoms with E-state index in [0.29, 0.717) is 29.7 Å². The normalized spacial score (nSPS) is 13.5. The number of carbonyl (C=O) groups excluding carboxylic acids is 3. The number of rotatable bonds is 10. The topological polar surface area (TPSA) is 87.7 Å². The molecule has 0 aromatic heterocycles. The van der Waals surface area contributed by atoms with Gasteiger partial charge in [-0.05, 0) is 83.1 Å².